The molecular formula is C16H21Cl2N7O2. The topological polar surface area (TPSA) is 167 Å². The molecule has 0 bridgehead atoms. The number of aliphatic imine (C=N–C) groups is 1. The third kappa shape index (κ3) is 5.55. The van der Waals surface area contributed by atoms with E-state index in [1.807, 2.05) is 19.1 Å². The first-order valence-electron chi connectivity index (χ1n) is 7.32. The molecule has 0 spiro atoms. The first-order valence-corrected chi connectivity index (χ1v) is 7.32. The minimum absolute atomic E-state index is 0. The quantitative estimate of drug-likeness (QED) is 0.375. The van der Waals surface area contributed by atoms with E-state index in [4.69, 9.17) is 11.5 Å². The molecule has 0 aliphatic heterocycles. The molecule has 1 atom stereocenters. The summed E-state index contributed by atoms with van der Waals surface area (Å²) >= 11 is 0. The number of aromatic amines is 1. The summed E-state index contributed by atoms with van der Waals surface area (Å²) in [6, 6.07) is 8.68. The first-order chi connectivity index (χ1) is 11.5. The predicted molar refractivity (Wildman–Crippen MR) is 111 cm³/mol. The number of amides is 1. The van der Waals surface area contributed by atoms with E-state index in [1.165, 1.54) is 0 Å². The fraction of sp³-hybridized carbons (Fsp3) is 0.125. The lowest BCUT2D eigenvalue weighted by atomic mass is 10.1. The number of nitrogens with zero attached hydrogens (tertiary/aromatic N) is 3. The van der Waals surface area contributed by atoms with E-state index in [1.54, 1.807) is 30.6 Å². The highest BCUT2D eigenvalue weighted by molar-refractivity contribution is 6.08. The summed E-state index contributed by atoms with van der Waals surface area (Å²) in [5.74, 6) is -0.184. The van der Waals surface area contributed by atoms with Gasteiger partial charge in [-0.1, -0.05) is 12.1 Å². The number of anilines is 1. The highest BCUT2D eigenvalue weighted by Gasteiger charge is 2.11. The molecule has 0 fully saturated rings. The van der Waals surface area contributed by atoms with Gasteiger partial charge in [-0.05, 0) is 30.7 Å². The molecule has 1 aromatic carbocycles. The second kappa shape index (κ2) is 10.3. The van der Waals surface area contributed by atoms with Gasteiger partial charge in [0.05, 0.1) is 23.3 Å². The van der Waals surface area contributed by atoms with E-state index < -0.39 is 0 Å². The Morgan fingerprint density at radius 2 is 1.85 bits per heavy atom. The van der Waals surface area contributed by atoms with Crippen LogP contribution in [0.4, 0.5) is 5.69 Å². The summed E-state index contributed by atoms with van der Waals surface area (Å²) in [4.78, 5) is 20.6. The molecule has 146 valence electrons. The summed E-state index contributed by atoms with van der Waals surface area (Å²) in [6.07, 6.45) is 3.23. The monoisotopic (exact) mass is 413 g/mol. The molecule has 1 amide bonds. The van der Waals surface area contributed by atoms with Gasteiger partial charge in [0.2, 0.25) is 0 Å². The van der Waals surface area contributed by atoms with Crippen molar-refractivity contribution in [3.05, 3.63) is 53.9 Å². The number of aromatic nitrogens is 3. The lowest BCUT2D eigenvalue weighted by Crippen LogP contribution is -2.23. The van der Waals surface area contributed by atoms with Crippen LogP contribution in [-0.4, -0.2) is 32.5 Å². The number of pyridine rings is 1. The van der Waals surface area contributed by atoms with Crippen molar-refractivity contribution < 1.29 is 10.3 Å². The van der Waals surface area contributed by atoms with Crippen LogP contribution >= 0.6 is 24.8 Å². The van der Waals surface area contributed by atoms with Crippen molar-refractivity contribution in [1.82, 2.24) is 15.2 Å². The van der Waals surface area contributed by atoms with Crippen LogP contribution in [0.25, 0.3) is 11.0 Å². The van der Waals surface area contributed by atoms with Crippen molar-refractivity contribution in [3.8, 4) is 0 Å². The average molecular weight is 414 g/mol. The van der Waals surface area contributed by atoms with E-state index in [-0.39, 0.29) is 48.2 Å². The van der Waals surface area contributed by atoms with Gasteiger partial charge < -0.3 is 22.3 Å². The van der Waals surface area contributed by atoms with Crippen molar-refractivity contribution in [2.45, 2.75) is 13.0 Å². The van der Waals surface area contributed by atoms with Gasteiger partial charge >= 0.3 is 0 Å². The predicted octanol–water partition coefficient (Wildman–Crippen LogP) is 1.56. The molecule has 0 aliphatic carbocycles. The second-order valence-corrected chi connectivity index (χ2v) is 5.30. The zero-order valence-corrected chi connectivity index (χ0v) is 16.0. The number of halogens is 2. The maximum absolute atomic E-state index is 12.4. The van der Waals surface area contributed by atoms with Gasteiger partial charge in [0.1, 0.15) is 0 Å². The van der Waals surface area contributed by atoms with Crippen LogP contribution in [0.15, 0.2) is 47.7 Å². The minimum atomic E-state index is -0.218. The molecule has 11 heteroatoms. The lowest BCUT2D eigenvalue weighted by Gasteiger charge is -2.09. The number of rotatable bonds is 4. The van der Waals surface area contributed by atoms with Crippen molar-refractivity contribution in [2.24, 2.45) is 16.5 Å². The van der Waals surface area contributed by atoms with E-state index in [2.05, 4.69) is 25.5 Å². The van der Waals surface area contributed by atoms with Crippen molar-refractivity contribution in [2.75, 3.05) is 5.32 Å². The number of H-pyrrole nitrogens is 1. The third-order valence-corrected chi connectivity index (χ3v) is 3.60. The zero-order chi connectivity index (χ0) is 17.1. The third-order valence-electron chi connectivity index (χ3n) is 3.60. The average Bonchev–Trinajstić information content (AvgIpc) is 3.04. The molecule has 3 rings (SSSR count). The van der Waals surface area contributed by atoms with Gasteiger partial charge in [-0.15, -0.1) is 24.8 Å². The number of nitrogens with two attached hydrogens (primary N) is 2. The molecular weight excluding hydrogens is 393 g/mol. The smallest absolute Gasteiger partial charge is 0.255 e. The maximum atomic E-state index is 12.4. The summed E-state index contributed by atoms with van der Waals surface area (Å²) in [7, 11) is 0. The number of hydrogen-bond donors (Lipinski definition) is 4. The number of hydrogen-bond acceptors (Lipinski definition) is 4. The Morgan fingerprint density at radius 3 is 2.48 bits per heavy atom. The van der Waals surface area contributed by atoms with Gasteiger partial charge in [-0.3, -0.25) is 9.89 Å². The number of guanidine groups is 1. The Hall–Kier alpha value is -2.88. The highest BCUT2D eigenvalue weighted by Crippen LogP contribution is 2.21. The fourth-order valence-electron chi connectivity index (χ4n) is 2.37. The molecule has 1 unspecified atom stereocenters. The van der Waals surface area contributed by atoms with Gasteiger partial charge in [0.15, 0.2) is 11.6 Å². The van der Waals surface area contributed by atoms with Gasteiger partial charge in [0, 0.05) is 11.8 Å². The molecule has 27 heavy (non-hydrogen) atoms. The summed E-state index contributed by atoms with van der Waals surface area (Å²) in [6.45, 7) is 1.88. The molecule has 9 nitrogen and oxygen atoms in total. The fourth-order valence-corrected chi connectivity index (χ4v) is 2.37. The molecule has 0 saturated heterocycles. The van der Waals surface area contributed by atoms with Crippen LogP contribution in [0.1, 0.15) is 28.9 Å². The Balaban J connectivity index is 0.00000225. The Labute approximate surface area is 167 Å². The SMILES string of the molecule is CC(N=C(N)N)c1ccc(C(=O)Nc2ccnc3[nH]ncc23)cc1.Cl.Cl.O. The second-order valence-electron chi connectivity index (χ2n) is 5.30. The van der Waals surface area contributed by atoms with Crippen LogP contribution in [-0.2, 0) is 0 Å². The van der Waals surface area contributed by atoms with Crippen LogP contribution in [0, 0.1) is 0 Å². The standard InChI is InChI=1S/C16H17N7O.2ClH.H2O/c1-9(21-16(17)18)10-2-4-11(5-3-10)15(24)22-13-6-7-19-14-12(13)8-20-23-14;;;/h2-9H,1H3,(H4,17,18,21)(H2,19,20,22,23,24);2*1H;1H2. The minimum Gasteiger partial charge on any atom is -0.412 e. The van der Waals surface area contributed by atoms with Crippen LogP contribution in [0.3, 0.4) is 0 Å². The molecule has 3 aromatic rings. The van der Waals surface area contributed by atoms with Crippen molar-refractivity contribution in [1.29, 1.82) is 0 Å². The van der Waals surface area contributed by atoms with Crippen molar-refractivity contribution in [3.63, 3.8) is 0 Å². The van der Waals surface area contributed by atoms with Crippen LogP contribution < -0.4 is 16.8 Å². The molecule has 0 radical (unpaired) electrons. The molecule has 2 heterocycles. The van der Waals surface area contributed by atoms with Gasteiger partial charge in [-0.2, -0.15) is 5.10 Å². The number of benzene rings is 1. The van der Waals surface area contributed by atoms with E-state index in [0.717, 1.165) is 10.9 Å². The number of fused-ring (bicyclic) bond motifs is 1. The first kappa shape index (κ1) is 24.1. The van der Waals surface area contributed by atoms with Crippen LogP contribution in [0.2, 0.25) is 0 Å². The zero-order valence-electron chi connectivity index (χ0n) is 14.3. The van der Waals surface area contributed by atoms with Gasteiger partial charge in [-0.25, -0.2) is 9.98 Å². The lowest BCUT2D eigenvalue weighted by molar-refractivity contribution is 0.102. The summed E-state index contributed by atoms with van der Waals surface area (Å²) < 4.78 is 0. The van der Waals surface area contributed by atoms with Crippen molar-refractivity contribution >= 4 is 53.4 Å². The highest BCUT2D eigenvalue weighted by atomic mass is 35.5. The molecule has 0 saturated carbocycles. The number of nitrogens with one attached hydrogen (secondary N) is 2. The Kier molecular flexibility index (Phi) is 9.21. The Bertz CT molecular complexity index is 909. The Morgan fingerprint density at radius 1 is 1.19 bits per heavy atom. The molecule has 2 aromatic heterocycles. The largest absolute Gasteiger partial charge is 0.412 e. The summed E-state index contributed by atoms with van der Waals surface area (Å²) in [5.41, 5.74) is 13.5. The summed E-state index contributed by atoms with van der Waals surface area (Å²) in [5, 5.41) is 10.3. The molecule has 0 aliphatic rings. The van der Waals surface area contributed by atoms with Gasteiger partial charge in [0.25, 0.3) is 5.91 Å². The van der Waals surface area contributed by atoms with E-state index in [0.29, 0.717) is 16.9 Å². The number of carbonyl (C=O) groups excluding carboxylic acids is 1. The normalized spacial score (nSPS) is 10.6. The van der Waals surface area contributed by atoms with E-state index >= 15 is 0 Å². The number of carbonyl (C=O) groups is 1. The molecule has 8 N–H and O–H groups in total. The van der Waals surface area contributed by atoms with E-state index in [9.17, 15) is 4.79 Å². The maximum Gasteiger partial charge on any atom is 0.255 e. The van der Waals surface area contributed by atoms with Crippen LogP contribution in [0.5, 0.6) is 0 Å².